The van der Waals surface area contributed by atoms with Crippen LogP contribution in [0.2, 0.25) is 10.0 Å². The van der Waals surface area contributed by atoms with Gasteiger partial charge in [-0.2, -0.15) is 13.2 Å². The second-order valence-electron chi connectivity index (χ2n) is 4.05. The number of rotatable bonds is 1. The van der Waals surface area contributed by atoms with E-state index in [2.05, 4.69) is 22.6 Å². The van der Waals surface area contributed by atoms with E-state index in [1.807, 2.05) is 0 Å². The topological polar surface area (TPSA) is 26.0 Å². The third-order valence-electron chi connectivity index (χ3n) is 2.65. The molecule has 2 aromatic rings. The molecular formula is C13H7Cl2F3IN. The molecule has 1 nitrogen and oxygen atoms in total. The lowest BCUT2D eigenvalue weighted by Gasteiger charge is -2.13. The maximum atomic E-state index is 12.7. The molecule has 0 fully saturated rings. The van der Waals surface area contributed by atoms with Crippen LogP contribution in [0, 0.1) is 3.57 Å². The molecule has 106 valence electrons. The molecule has 2 N–H and O–H groups in total. The molecular weight excluding hydrogens is 425 g/mol. The van der Waals surface area contributed by atoms with Crippen molar-refractivity contribution in [2.24, 2.45) is 0 Å². The lowest BCUT2D eigenvalue weighted by Crippen LogP contribution is -2.05. The molecule has 0 amide bonds. The van der Waals surface area contributed by atoms with Crippen LogP contribution < -0.4 is 5.73 Å². The molecule has 0 aliphatic heterocycles. The molecule has 0 atom stereocenters. The fourth-order valence-corrected chi connectivity index (χ4v) is 2.75. The number of nitrogen functional groups attached to an aromatic ring is 1. The number of nitrogens with two attached hydrogens (primary N) is 1. The molecule has 7 heteroatoms. The summed E-state index contributed by atoms with van der Waals surface area (Å²) in [5.74, 6) is 0. The molecule has 20 heavy (non-hydrogen) atoms. The highest BCUT2D eigenvalue weighted by Crippen LogP contribution is 2.41. The van der Waals surface area contributed by atoms with Crippen molar-refractivity contribution in [1.29, 1.82) is 0 Å². The van der Waals surface area contributed by atoms with Crippen LogP contribution in [0.3, 0.4) is 0 Å². The summed E-state index contributed by atoms with van der Waals surface area (Å²) in [5, 5.41) is -0.129. The molecule has 0 saturated carbocycles. The van der Waals surface area contributed by atoms with E-state index in [-0.39, 0.29) is 10.0 Å². The first-order chi connectivity index (χ1) is 9.20. The van der Waals surface area contributed by atoms with Gasteiger partial charge in [0, 0.05) is 14.8 Å². The highest BCUT2D eigenvalue weighted by Gasteiger charge is 2.32. The van der Waals surface area contributed by atoms with Gasteiger partial charge in [-0.25, -0.2) is 0 Å². The number of anilines is 1. The maximum absolute atomic E-state index is 12.7. The van der Waals surface area contributed by atoms with Gasteiger partial charge in [0.15, 0.2) is 0 Å². The Hall–Kier alpha value is -0.660. The minimum Gasteiger partial charge on any atom is -0.398 e. The molecule has 0 aliphatic rings. The molecule has 0 aromatic heterocycles. The third kappa shape index (κ3) is 3.15. The van der Waals surface area contributed by atoms with E-state index in [9.17, 15) is 13.2 Å². The van der Waals surface area contributed by atoms with Crippen LogP contribution in [-0.2, 0) is 6.18 Å². The Balaban J connectivity index is 2.61. The van der Waals surface area contributed by atoms with Crippen LogP contribution in [0.25, 0.3) is 11.1 Å². The lowest BCUT2D eigenvalue weighted by molar-refractivity contribution is -0.137. The number of halogens is 6. The Labute approximate surface area is 137 Å². The van der Waals surface area contributed by atoms with Gasteiger partial charge in [0.25, 0.3) is 0 Å². The molecule has 2 rings (SSSR count). The SMILES string of the molecule is Nc1cc(-c2c(Cl)cc(C(F)(F)F)cc2Cl)ccc1I. The van der Waals surface area contributed by atoms with E-state index in [1.165, 1.54) is 0 Å². The summed E-state index contributed by atoms with van der Waals surface area (Å²) in [4.78, 5) is 0. The van der Waals surface area contributed by atoms with Crippen molar-refractivity contribution in [2.75, 3.05) is 5.73 Å². The van der Waals surface area contributed by atoms with Crippen LogP contribution in [-0.4, -0.2) is 0 Å². The highest BCUT2D eigenvalue weighted by atomic mass is 127. The van der Waals surface area contributed by atoms with Gasteiger partial charge < -0.3 is 5.73 Å². The highest BCUT2D eigenvalue weighted by molar-refractivity contribution is 14.1. The van der Waals surface area contributed by atoms with Crippen LogP contribution in [0.5, 0.6) is 0 Å². The quantitative estimate of drug-likeness (QED) is 0.443. The molecule has 0 bridgehead atoms. The Morgan fingerprint density at radius 1 is 1.00 bits per heavy atom. The third-order valence-corrected chi connectivity index (χ3v) is 4.23. The number of alkyl halides is 3. The van der Waals surface area contributed by atoms with Crippen LogP contribution in [0.4, 0.5) is 18.9 Å². The number of benzene rings is 2. The van der Waals surface area contributed by atoms with Gasteiger partial charge in [0.2, 0.25) is 0 Å². The second-order valence-corrected chi connectivity index (χ2v) is 6.03. The summed E-state index contributed by atoms with van der Waals surface area (Å²) >= 11 is 13.9. The molecule has 0 saturated heterocycles. The molecule has 0 spiro atoms. The summed E-state index contributed by atoms with van der Waals surface area (Å²) in [6, 6.07) is 6.80. The van der Waals surface area contributed by atoms with Crippen molar-refractivity contribution in [2.45, 2.75) is 6.18 Å². The molecule has 0 radical (unpaired) electrons. The van der Waals surface area contributed by atoms with Crippen molar-refractivity contribution < 1.29 is 13.2 Å². The van der Waals surface area contributed by atoms with E-state index < -0.39 is 11.7 Å². The summed E-state index contributed by atoms with van der Waals surface area (Å²) in [5.41, 5.74) is 6.33. The van der Waals surface area contributed by atoms with E-state index in [1.54, 1.807) is 18.2 Å². The monoisotopic (exact) mass is 431 g/mol. The van der Waals surface area contributed by atoms with Crippen molar-refractivity contribution in [3.63, 3.8) is 0 Å². The van der Waals surface area contributed by atoms with Gasteiger partial charge in [-0.1, -0.05) is 29.3 Å². The van der Waals surface area contributed by atoms with Crippen molar-refractivity contribution in [3.8, 4) is 11.1 Å². The molecule has 2 aromatic carbocycles. The van der Waals surface area contributed by atoms with E-state index in [4.69, 9.17) is 28.9 Å². The van der Waals surface area contributed by atoms with Gasteiger partial charge in [-0.3, -0.25) is 0 Å². The minimum absolute atomic E-state index is 0.0644. The summed E-state index contributed by atoms with van der Waals surface area (Å²) in [6.07, 6.45) is -4.49. The largest absolute Gasteiger partial charge is 0.416 e. The van der Waals surface area contributed by atoms with E-state index >= 15 is 0 Å². The van der Waals surface area contributed by atoms with E-state index in [0.717, 1.165) is 15.7 Å². The average molecular weight is 432 g/mol. The predicted molar refractivity (Wildman–Crippen MR) is 84.0 cm³/mol. The average Bonchev–Trinajstić information content (AvgIpc) is 2.31. The Kier molecular flexibility index (Phi) is 4.41. The summed E-state index contributed by atoms with van der Waals surface area (Å²) in [6.45, 7) is 0. The standard InChI is InChI=1S/C13H7Cl2F3IN/c14-8-4-7(13(16,17)18)5-9(15)12(8)6-1-2-10(19)11(20)3-6/h1-5H,20H2. The Bertz CT molecular complexity index is 648. The van der Waals surface area contributed by atoms with Crippen molar-refractivity contribution >= 4 is 51.5 Å². The second kappa shape index (κ2) is 5.61. The van der Waals surface area contributed by atoms with Crippen LogP contribution in [0.15, 0.2) is 30.3 Å². The number of hydrogen-bond acceptors (Lipinski definition) is 1. The fraction of sp³-hybridized carbons (Fsp3) is 0.0769. The summed E-state index contributed by atoms with van der Waals surface area (Å²) < 4.78 is 38.8. The molecule has 0 aliphatic carbocycles. The zero-order valence-corrected chi connectivity index (χ0v) is 13.4. The minimum atomic E-state index is -4.49. The normalized spacial score (nSPS) is 11.7. The molecule has 0 heterocycles. The Morgan fingerprint density at radius 2 is 1.55 bits per heavy atom. The van der Waals surface area contributed by atoms with Gasteiger partial charge in [-0.05, 0) is 52.4 Å². The summed E-state index contributed by atoms with van der Waals surface area (Å²) in [7, 11) is 0. The van der Waals surface area contributed by atoms with Gasteiger partial charge >= 0.3 is 6.18 Å². The molecule has 0 unspecified atom stereocenters. The first-order valence-electron chi connectivity index (χ1n) is 5.32. The first kappa shape index (κ1) is 15.7. The van der Waals surface area contributed by atoms with E-state index in [0.29, 0.717) is 16.8 Å². The zero-order chi connectivity index (χ0) is 15.1. The maximum Gasteiger partial charge on any atom is 0.416 e. The van der Waals surface area contributed by atoms with Crippen molar-refractivity contribution in [1.82, 2.24) is 0 Å². The van der Waals surface area contributed by atoms with Gasteiger partial charge in [0.1, 0.15) is 0 Å². The smallest absolute Gasteiger partial charge is 0.398 e. The van der Waals surface area contributed by atoms with Crippen LogP contribution in [0.1, 0.15) is 5.56 Å². The van der Waals surface area contributed by atoms with Crippen molar-refractivity contribution in [3.05, 3.63) is 49.5 Å². The predicted octanol–water partition coefficient (Wildman–Crippen LogP) is 5.87. The number of hydrogen-bond donors (Lipinski definition) is 1. The van der Waals surface area contributed by atoms with Gasteiger partial charge in [-0.15, -0.1) is 0 Å². The first-order valence-corrected chi connectivity index (χ1v) is 7.15. The van der Waals surface area contributed by atoms with Gasteiger partial charge in [0.05, 0.1) is 15.6 Å². The fourth-order valence-electron chi connectivity index (χ4n) is 1.71. The zero-order valence-electron chi connectivity index (χ0n) is 9.73. The van der Waals surface area contributed by atoms with Crippen LogP contribution >= 0.6 is 45.8 Å². The Morgan fingerprint density at radius 3 is 2.00 bits per heavy atom. The lowest BCUT2D eigenvalue weighted by atomic mass is 10.0.